The fourth-order valence-electron chi connectivity index (χ4n) is 2.48. The van der Waals surface area contributed by atoms with E-state index in [-0.39, 0.29) is 12.6 Å². The van der Waals surface area contributed by atoms with Gasteiger partial charge in [0.1, 0.15) is 6.61 Å². The van der Waals surface area contributed by atoms with Gasteiger partial charge >= 0.3 is 11.9 Å². The van der Waals surface area contributed by atoms with E-state index in [1.165, 1.54) is 7.11 Å². The number of aliphatic imine (C=N–C) groups is 1. The van der Waals surface area contributed by atoms with E-state index >= 15 is 0 Å². The maximum absolute atomic E-state index is 12.5. The number of rotatable bonds is 7. The fraction of sp³-hybridized carbons (Fsp3) is 0.318. The van der Waals surface area contributed by atoms with Gasteiger partial charge in [0.25, 0.3) is 0 Å². The van der Waals surface area contributed by atoms with Crippen molar-refractivity contribution < 1.29 is 19.1 Å². The van der Waals surface area contributed by atoms with Crippen molar-refractivity contribution >= 4 is 24.0 Å². The molecule has 6 nitrogen and oxygen atoms in total. The van der Waals surface area contributed by atoms with E-state index in [4.69, 9.17) is 4.74 Å². The van der Waals surface area contributed by atoms with E-state index in [1.807, 2.05) is 38.8 Å². The average Bonchev–Trinajstić information content (AvgIpc) is 2.71. The van der Waals surface area contributed by atoms with E-state index in [0.29, 0.717) is 11.1 Å². The van der Waals surface area contributed by atoms with Gasteiger partial charge in [-0.05, 0) is 61.7 Å². The molecule has 0 aromatic heterocycles. The summed E-state index contributed by atoms with van der Waals surface area (Å²) in [7, 11) is 3.29. The summed E-state index contributed by atoms with van der Waals surface area (Å²) < 4.78 is 10.1. The van der Waals surface area contributed by atoms with Crippen molar-refractivity contribution in [1.29, 1.82) is 0 Å². The Morgan fingerprint density at radius 3 is 2.36 bits per heavy atom. The van der Waals surface area contributed by atoms with Crippen LogP contribution in [0.1, 0.15) is 44.3 Å². The molecule has 0 bridgehead atoms. The zero-order valence-electron chi connectivity index (χ0n) is 17.0. The smallest absolute Gasteiger partial charge is 0.338 e. The summed E-state index contributed by atoms with van der Waals surface area (Å²) in [5, 5.41) is 0. The minimum atomic E-state index is -0.400. The van der Waals surface area contributed by atoms with Crippen LogP contribution >= 0.6 is 0 Å². The van der Waals surface area contributed by atoms with Gasteiger partial charge in [-0.2, -0.15) is 0 Å². The van der Waals surface area contributed by atoms with Crippen molar-refractivity contribution in [3.63, 3.8) is 0 Å². The van der Waals surface area contributed by atoms with Gasteiger partial charge in [0.15, 0.2) is 0 Å². The van der Waals surface area contributed by atoms with Crippen LogP contribution in [0.15, 0.2) is 41.4 Å². The van der Waals surface area contributed by atoms with Crippen molar-refractivity contribution in [3.8, 4) is 0 Å². The molecule has 28 heavy (non-hydrogen) atoms. The molecule has 0 aliphatic rings. The molecular weight excluding hydrogens is 356 g/mol. The molecule has 0 unspecified atom stereocenters. The van der Waals surface area contributed by atoms with Crippen LogP contribution in [-0.2, 0) is 16.1 Å². The second-order valence-electron chi connectivity index (χ2n) is 6.54. The van der Waals surface area contributed by atoms with Gasteiger partial charge in [0.2, 0.25) is 0 Å². The lowest BCUT2D eigenvalue weighted by atomic mass is 10.0. The maximum Gasteiger partial charge on any atom is 0.338 e. The van der Waals surface area contributed by atoms with Gasteiger partial charge in [-0.15, -0.1) is 0 Å². The lowest BCUT2D eigenvalue weighted by Crippen LogP contribution is -2.14. The second kappa shape index (κ2) is 9.69. The topological polar surface area (TPSA) is 68.2 Å². The summed E-state index contributed by atoms with van der Waals surface area (Å²) in [6.45, 7) is 6.82. The third kappa shape index (κ3) is 5.42. The highest BCUT2D eigenvalue weighted by atomic mass is 16.5. The molecule has 0 fully saturated rings. The van der Waals surface area contributed by atoms with Gasteiger partial charge in [-0.3, -0.25) is 0 Å². The quantitative estimate of drug-likeness (QED) is 0.410. The Morgan fingerprint density at radius 1 is 1.07 bits per heavy atom. The van der Waals surface area contributed by atoms with E-state index in [2.05, 4.69) is 9.73 Å². The first-order valence-electron chi connectivity index (χ1n) is 9.05. The van der Waals surface area contributed by atoms with Crippen LogP contribution < -0.4 is 0 Å². The van der Waals surface area contributed by atoms with E-state index in [1.54, 1.807) is 36.7 Å². The summed E-state index contributed by atoms with van der Waals surface area (Å²) in [6, 6.07) is 10.4. The molecular formula is C22H26N2O4. The van der Waals surface area contributed by atoms with Gasteiger partial charge < -0.3 is 14.4 Å². The molecule has 6 heteroatoms. The highest BCUT2D eigenvalue weighted by molar-refractivity contribution is 5.92. The lowest BCUT2D eigenvalue weighted by molar-refractivity contribution is 0.0470. The zero-order valence-corrected chi connectivity index (χ0v) is 17.0. The molecule has 0 aliphatic heterocycles. The SMILES string of the molecule is CCN(C)C=Nc1cc(C)c(C(=O)OCc2ccc(C(=O)OC)cc2)cc1C. The molecule has 0 spiro atoms. The minimum absolute atomic E-state index is 0.125. The molecule has 0 N–H and O–H groups in total. The number of esters is 2. The standard InChI is InChI=1S/C22H26N2O4/c1-6-24(4)14-23-20-12-15(2)19(11-16(20)3)22(26)28-13-17-7-9-18(10-8-17)21(25)27-5/h7-12,14H,6,13H2,1-5H3. The number of aryl methyl sites for hydroxylation is 2. The summed E-state index contributed by atoms with van der Waals surface area (Å²) in [4.78, 5) is 30.4. The summed E-state index contributed by atoms with van der Waals surface area (Å²) in [5.74, 6) is -0.790. The second-order valence-corrected chi connectivity index (χ2v) is 6.54. The number of hydrogen-bond acceptors (Lipinski definition) is 5. The molecule has 0 saturated carbocycles. The third-order valence-corrected chi connectivity index (χ3v) is 4.40. The molecule has 0 amide bonds. The normalized spacial score (nSPS) is 10.8. The van der Waals surface area contributed by atoms with Crippen molar-refractivity contribution in [2.45, 2.75) is 27.4 Å². The van der Waals surface area contributed by atoms with Crippen molar-refractivity contribution in [1.82, 2.24) is 4.90 Å². The first kappa shape index (κ1) is 21.2. The number of ether oxygens (including phenoxy) is 2. The molecule has 0 aliphatic carbocycles. The predicted molar refractivity (Wildman–Crippen MR) is 109 cm³/mol. The van der Waals surface area contributed by atoms with Gasteiger partial charge in [-0.25, -0.2) is 14.6 Å². The molecule has 0 saturated heterocycles. The Morgan fingerprint density at radius 2 is 1.75 bits per heavy atom. The van der Waals surface area contributed by atoms with E-state index < -0.39 is 5.97 Å². The molecule has 0 atom stereocenters. The molecule has 2 aromatic rings. The average molecular weight is 382 g/mol. The maximum atomic E-state index is 12.5. The van der Waals surface area contributed by atoms with E-state index in [9.17, 15) is 9.59 Å². The molecule has 2 rings (SSSR count). The minimum Gasteiger partial charge on any atom is -0.465 e. The monoisotopic (exact) mass is 382 g/mol. The Labute approximate surface area is 165 Å². The Hall–Kier alpha value is -3.15. The summed E-state index contributed by atoms with van der Waals surface area (Å²) in [6.07, 6.45) is 1.78. The van der Waals surface area contributed by atoms with Crippen LogP contribution in [-0.4, -0.2) is 43.9 Å². The summed E-state index contributed by atoms with van der Waals surface area (Å²) in [5.41, 5.74) is 4.30. The highest BCUT2D eigenvalue weighted by Gasteiger charge is 2.14. The van der Waals surface area contributed by atoms with Crippen LogP contribution in [0.25, 0.3) is 0 Å². The highest BCUT2D eigenvalue weighted by Crippen LogP contribution is 2.24. The fourth-order valence-corrected chi connectivity index (χ4v) is 2.48. The predicted octanol–water partition coefficient (Wildman–Crippen LogP) is 4.06. The lowest BCUT2D eigenvalue weighted by Gasteiger charge is -2.12. The van der Waals surface area contributed by atoms with Crippen molar-refractivity contribution in [3.05, 3.63) is 64.2 Å². The number of carbonyl (C=O) groups is 2. The van der Waals surface area contributed by atoms with Gasteiger partial charge in [0, 0.05) is 13.6 Å². The number of benzene rings is 2. The molecule has 2 aromatic carbocycles. The van der Waals surface area contributed by atoms with Crippen LogP contribution in [0.5, 0.6) is 0 Å². The molecule has 148 valence electrons. The Kier molecular flexibility index (Phi) is 7.32. The zero-order chi connectivity index (χ0) is 20.7. The van der Waals surface area contributed by atoms with Crippen molar-refractivity contribution in [2.24, 2.45) is 4.99 Å². The van der Waals surface area contributed by atoms with Crippen LogP contribution in [0, 0.1) is 13.8 Å². The van der Waals surface area contributed by atoms with Gasteiger partial charge in [0.05, 0.1) is 30.3 Å². The molecule has 0 heterocycles. The van der Waals surface area contributed by atoms with Crippen LogP contribution in [0.3, 0.4) is 0 Å². The Bertz CT molecular complexity index is 873. The number of carbonyl (C=O) groups excluding carboxylic acids is 2. The van der Waals surface area contributed by atoms with Crippen LogP contribution in [0.4, 0.5) is 5.69 Å². The summed E-state index contributed by atoms with van der Waals surface area (Å²) >= 11 is 0. The first-order chi connectivity index (χ1) is 13.3. The van der Waals surface area contributed by atoms with Crippen LogP contribution in [0.2, 0.25) is 0 Å². The third-order valence-electron chi connectivity index (χ3n) is 4.40. The van der Waals surface area contributed by atoms with E-state index in [0.717, 1.165) is 28.9 Å². The van der Waals surface area contributed by atoms with Crippen molar-refractivity contribution in [2.75, 3.05) is 20.7 Å². The first-order valence-corrected chi connectivity index (χ1v) is 9.05. The number of nitrogens with zero attached hydrogens (tertiary/aromatic N) is 2. The van der Waals surface area contributed by atoms with Gasteiger partial charge in [-0.1, -0.05) is 12.1 Å². The number of hydrogen-bond donors (Lipinski definition) is 0. The Balaban J connectivity index is 2.07. The largest absolute Gasteiger partial charge is 0.465 e. The number of methoxy groups -OCH3 is 1. The molecule has 0 radical (unpaired) electrons.